The molecule has 0 spiro atoms. The third kappa shape index (κ3) is 7.87. The van der Waals surface area contributed by atoms with Gasteiger partial charge >= 0.3 is 6.36 Å². The molecule has 0 fully saturated rings. The largest absolute Gasteiger partial charge is 0.573 e. The maximum atomic E-state index is 12.4. The number of alkyl halides is 3. The van der Waals surface area contributed by atoms with Gasteiger partial charge in [-0.1, -0.05) is 42.5 Å². The van der Waals surface area contributed by atoms with Gasteiger partial charge in [-0.15, -0.1) is 13.2 Å². The van der Waals surface area contributed by atoms with Crippen LogP contribution in [0.5, 0.6) is 5.75 Å². The molecule has 0 aliphatic heterocycles. The number of nitrogens with one attached hydrogen (secondary N) is 1. The number of hydrogen-bond donors (Lipinski definition) is 2. The van der Waals surface area contributed by atoms with Gasteiger partial charge in [0.05, 0.1) is 17.2 Å². The molecular formula is C18H20F3N3O3S. The summed E-state index contributed by atoms with van der Waals surface area (Å²) in [6, 6.07) is 14.2. The first-order chi connectivity index (χ1) is 13.1. The van der Waals surface area contributed by atoms with E-state index in [2.05, 4.69) is 15.0 Å². The van der Waals surface area contributed by atoms with Crippen LogP contribution in [-0.2, 0) is 15.6 Å². The van der Waals surface area contributed by atoms with Crippen molar-refractivity contribution in [3.63, 3.8) is 0 Å². The molecule has 0 saturated carbocycles. The average Bonchev–Trinajstić information content (AvgIpc) is 2.60. The number of para-hydroxylation sites is 2. The molecule has 0 bridgehead atoms. The van der Waals surface area contributed by atoms with Gasteiger partial charge in [0.25, 0.3) is 0 Å². The Labute approximate surface area is 161 Å². The van der Waals surface area contributed by atoms with Crippen molar-refractivity contribution in [1.82, 2.24) is 0 Å². The highest BCUT2D eigenvalue weighted by atomic mass is 32.2. The fraction of sp³-hybridized carbons (Fsp3) is 0.278. The number of hydrogen-bond acceptors (Lipinski definition) is 4. The van der Waals surface area contributed by atoms with Crippen molar-refractivity contribution >= 4 is 21.5 Å². The Kier molecular flexibility index (Phi) is 7.27. The van der Waals surface area contributed by atoms with Gasteiger partial charge in [0.1, 0.15) is 0 Å². The van der Waals surface area contributed by atoms with Crippen LogP contribution in [0.3, 0.4) is 0 Å². The maximum absolute atomic E-state index is 12.4. The highest BCUT2D eigenvalue weighted by Gasteiger charge is 2.32. The van der Waals surface area contributed by atoms with Gasteiger partial charge in [-0.2, -0.15) is 0 Å². The molecule has 152 valence electrons. The first-order valence-electron chi connectivity index (χ1n) is 8.31. The standard InChI is InChI=1S/C18H20F3N3O3S/c19-18(20,21)27-16-10-5-4-9-15(16)24-17(22)23-11-6-12-28(25,26)13-14-7-2-1-3-8-14/h1-5,7-10H,6,11-13H2,(H3,22,23,24). The van der Waals surface area contributed by atoms with Crippen molar-refractivity contribution in [3.8, 4) is 5.75 Å². The number of aliphatic imine (C=N–C) groups is 1. The molecule has 6 nitrogen and oxygen atoms in total. The van der Waals surface area contributed by atoms with Crippen LogP contribution in [0.25, 0.3) is 0 Å². The third-order valence-electron chi connectivity index (χ3n) is 3.50. The predicted octanol–water partition coefficient (Wildman–Crippen LogP) is 3.32. The van der Waals surface area contributed by atoms with Gasteiger partial charge in [-0.3, -0.25) is 4.99 Å². The number of nitrogens with zero attached hydrogens (tertiary/aromatic N) is 1. The first kappa shape index (κ1) is 21.5. The number of sulfone groups is 1. The SMILES string of the molecule is NC(=NCCCS(=O)(=O)Cc1ccccc1)Nc1ccccc1OC(F)(F)F. The Morgan fingerprint density at radius 1 is 1.07 bits per heavy atom. The molecule has 0 unspecified atom stereocenters. The Balaban J connectivity index is 1.87. The molecule has 2 aromatic carbocycles. The minimum absolute atomic E-state index is 0.00206. The minimum atomic E-state index is -4.84. The van der Waals surface area contributed by atoms with Gasteiger partial charge in [-0.05, 0) is 24.1 Å². The van der Waals surface area contributed by atoms with Crippen molar-refractivity contribution in [3.05, 3.63) is 60.2 Å². The summed E-state index contributed by atoms with van der Waals surface area (Å²) in [5.74, 6) is -0.725. The van der Waals surface area contributed by atoms with Crippen molar-refractivity contribution < 1.29 is 26.3 Å². The summed E-state index contributed by atoms with van der Waals surface area (Å²) in [7, 11) is -3.29. The molecule has 0 atom stereocenters. The number of ether oxygens (including phenoxy) is 1. The maximum Gasteiger partial charge on any atom is 0.573 e. The summed E-state index contributed by atoms with van der Waals surface area (Å²) in [5.41, 5.74) is 6.36. The van der Waals surface area contributed by atoms with Crippen LogP contribution in [0.2, 0.25) is 0 Å². The first-order valence-corrected chi connectivity index (χ1v) is 10.1. The zero-order valence-corrected chi connectivity index (χ0v) is 15.6. The van der Waals surface area contributed by atoms with Crippen molar-refractivity contribution in [2.75, 3.05) is 17.6 Å². The normalized spacial score (nSPS) is 12.6. The third-order valence-corrected chi connectivity index (χ3v) is 5.18. The van der Waals surface area contributed by atoms with E-state index in [1.165, 1.54) is 18.2 Å². The molecule has 0 saturated heterocycles. The molecular weight excluding hydrogens is 395 g/mol. The number of halogens is 3. The number of rotatable bonds is 8. The summed E-state index contributed by atoms with van der Waals surface area (Å²) in [4.78, 5) is 3.95. The molecule has 2 aromatic rings. The molecule has 0 aliphatic carbocycles. The van der Waals surface area contributed by atoms with Crippen LogP contribution in [0, 0.1) is 0 Å². The Bertz CT molecular complexity index is 901. The van der Waals surface area contributed by atoms with Crippen LogP contribution in [0.15, 0.2) is 59.6 Å². The minimum Gasteiger partial charge on any atom is -0.404 e. The average molecular weight is 415 g/mol. The van der Waals surface area contributed by atoms with E-state index in [4.69, 9.17) is 5.73 Å². The van der Waals surface area contributed by atoms with Crippen LogP contribution in [0.1, 0.15) is 12.0 Å². The lowest BCUT2D eigenvalue weighted by atomic mass is 10.2. The number of anilines is 1. The quantitative estimate of drug-likeness (QED) is 0.392. The Morgan fingerprint density at radius 2 is 1.71 bits per heavy atom. The second-order valence-electron chi connectivity index (χ2n) is 5.87. The van der Waals surface area contributed by atoms with Gasteiger partial charge in [-0.25, -0.2) is 8.42 Å². The molecule has 0 aromatic heterocycles. The molecule has 0 heterocycles. The predicted molar refractivity (Wildman–Crippen MR) is 102 cm³/mol. The lowest BCUT2D eigenvalue weighted by Gasteiger charge is -2.14. The number of benzene rings is 2. The summed E-state index contributed by atoms with van der Waals surface area (Å²) in [5, 5.41) is 2.52. The van der Waals surface area contributed by atoms with Crippen LogP contribution in [-0.4, -0.2) is 33.0 Å². The summed E-state index contributed by atoms with van der Waals surface area (Å²) >= 11 is 0. The summed E-state index contributed by atoms with van der Waals surface area (Å²) in [6.45, 7) is 0.106. The van der Waals surface area contributed by atoms with Crippen molar-refractivity contribution in [2.24, 2.45) is 10.7 Å². The molecule has 3 N–H and O–H groups in total. The molecule has 2 rings (SSSR count). The second-order valence-corrected chi connectivity index (χ2v) is 8.05. The molecule has 0 aliphatic rings. The molecule has 0 amide bonds. The van der Waals surface area contributed by atoms with E-state index in [0.29, 0.717) is 5.56 Å². The van der Waals surface area contributed by atoms with E-state index >= 15 is 0 Å². The van der Waals surface area contributed by atoms with Crippen LogP contribution >= 0.6 is 0 Å². The second kappa shape index (κ2) is 9.45. The van der Waals surface area contributed by atoms with Gasteiger partial charge < -0.3 is 15.8 Å². The molecule has 28 heavy (non-hydrogen) atoms. The highest BCUT2D eigenvalue weighted by molar-refractivity contribution is 7.90. The van der Waals surface area contributed by atoms with Gasteiger partial charge in [0.15, 0.2) is 21.5 Å². The zero-order valence-electron chi connectivity index (χ0n) is 14.8. The van der Waals surface area contributed by atoms with E-state index in [9.17, 15) is 21.6 Å². The fourth-order valence-corrected chi connectivity index (χ4v) is 3.76. The number of nitrogens with two attached hydrogens (primary N) is 1. The summed E-state index contributed by atoms with van der Waals surface area (Å²) < 4.78 is 65.3. The van der Waals surface area contributed by atoms with Crippen molar-refractivity contribution in [2.45, 2.75) is 18.5 Å². The highest BCUT2D eigenvalue weighted by Crippen LogP contribution is 2.29. The molecule has 10 heteroatoms. The summed E-state index contributed by atoms with van der Waals surface area (Å²) in [6.07, 6.45) is -4.60. The van der Waals surface area contributed by atoms with E-state index in [1.807, 2.05) is 0 Å². The van der Waals surface area contributed by atoms with Crippen LogP contribution < -0.4 is 15.8 Å². The lowest BCUT2D eigenvalue weighted by Crippen LogP contribution is -2.25. The fourth-order valence-electron chi connectivity index (χ4n) is 2.35. The van der Waals surface area contributed by atoms with E-state index in [-0.39, 0.29) is 36.1 Å². The Hall–Kier alpha value is -2.75. The smallest absolute Gasteiger partial charge is 0.404 e. The zero-order chi connectivity index (χ0) is 20.6. The van der Waals surface area contributed by atoms with Crippen molar-refractivity contribution in [1.29, 1.82) is 0 Å². The number of guanidine groups is 1. The van der Waals surface area contributed by atoms with Gasteiger partial charge in [0.2, 0.25) is 0 Å². The van der Waals surface area contributed by atoms with E-state index in [0.717, 1.165) is 6.07 Å². The Morgan fingerprint density at radius 3 is 2.39 bits per heavy atom. The lowest BCUT2D eigenvalue weighted by molar-refractivity contribution is -0.274. The van der Waals surface area contributed by atoms with E-state index in [1.54, 1.807) is 30.3 Å². The monoisotopic (exact) mass is 415 g/mol. The van der Waals surface area contributed by atoms with Crippen LogP contribution in [0.4, 0.5) is 18.9 Å². The topological polar surface area (TPSA) is 93.8 Å². The van der Waals surface area contributed by atoms with Gasteiger partial charge in [0, 0.05) is 6.54 Å². The van der Waals surface area contributed by atoms with E-state index < -0.39 is 21.9 Å². The molecule has 0 radical (unpaired) electrons.